The number of amides is 1. The molecule has 0 saturated heterocycles. The number of hydrogen-bond donors (Lipinski definition) is 2. The van der Waals surface area contributed by atoms with E-state index in [1.165, 1.54) is 6.07 Å². The van der Waals surface area contributed by atoms with E-state index in [4.69, 9.17) is 16.7 Å². The average molecular weight is 291 g/mol. The molecule has 0 aliphatic carbocycles. The van der Waals surface area contributed by atoms with E-state index in [1.54, 1.807) is 24.3 Å². The zero-order valence-electron chi connectivity index (χ0n) is 10.1. The molecular formula is C14H9ClNO4-. The minimum absolute atomic E-state index is 0.236. The Kier molecular flexibility index (Phi) is 3.91. The molecule has 0 bridgehead atoms. The summed E-state index contributed by atoms with van der Waals surface area (Å²) in [7, 11) is 0. The number of halogens is 1. The zero-order chi connectivity index (χ0) is 14.7. The summed E-state index contributed by atoms with van der Waals surface area (Å²) in [5.74, 6) is -2.37. The van der Waals surface area contributed by atoms with E-state index in [-0.39, 0.29) is 11.3 Å². The minimum Gasteiger partial charge on any atom is -0.872 e. The Hall–Kier alpha value is -2.53. The van der Waals surface area contributed by atoms with Crippen LogP contribution in [0.1, 0.15) is 20.7 Å². The predicted molar refractivity (Wildman–Crippen MR) is 72.3 cm³/mol. The Bertz CT molecular complexity index is 667. The fraction of sp³-hybridized carbons (Fsp3) is 0. The monoisotopic (exact) mass is 290 g/mol. The molecule has 0 aliphatic rings. The van der Waals surface area contributed by atoms with Crippen LogP contribution in [-0.2, 0) is 0 Å². The van der Waals surface area contributed by atoms with E-state index in [0.717, 1.165) is 12.1 Å². The van der Waals surface area contributed by atoms with Crippen LogP contribution >= 0.6 is 11.6 Å². The molecule has 1 amide bonds. The van der Waals surface area contributed by atoms with Crippen molar-refractivity contribution in [3.63, 3.8) is 0 Å². The molecule has 0 aromatic heterocycles. The van der Waals surface area contributed by atoms with Gasteiger partial charge in [-0.2, -0.15) is 0 Å². The number of aromatic carboxylic acids is 1. The number of rotatable bonds is 3. The van der Waals surface area contributed by atoms with Crippen LogP contribution in [0.15, 0.2) is 42.5 Å². The van der Waals surface area contributed by atoms with Crippen LogP contribution in [0.5, 0.6) is 5.75 Å². The lowest BCUT2D eigenvalue weighted by Crippen LogP contribution is -2.12. The van der Waals surface area contributed by atoms with Crippen molar-refractivity contribution in [3.8, 4) is 5.75 Å². The fourth-order valence-corrected chi connectivity index (χ4v) is 1.71. The van der Waals surface area contributed by atoms with Gasteiger partial charge < -0.3 is 15.5 Å². The van der Waals surface area contributed by atoms with Crippen molar-refractivity contribution in [2.24, 2.45) is 0 Å². The van der Waals surface area contributed by atoms with E-state index in [0.29, 0.717) is 10.6 Å². The Morgan fingerprint density at radius 3 is 2.30 bits per heavy atom. The molecule has 2 aromatic carbocycles. The molecule has 0 saturated carbocycles. The summed E-state index contributed by atoms with van der Waals surface area (Å²) in [4.78, 5) is 22.6. The van der Waals surface area contributed by atoms with Crippen LogP contribution in [-0.4, -0.2) is 17.0 Å². The van der Waals surface area contributed by atoms with E-state index in [9.17, 15) is 14.7 Å². The highest BCUT2D eigenvalue weighted by molar-refractivity contribution is 6.30. The number of carboxylic acid groups (broad SMARTS) is 1. The molecule has 0 fully saturated rings. The maximum absolute atomic E-state index is 11.9. The van der Waals surface area contributed by atoms with Gasteiger partial charge in [-0.1, -0.05) is 17.4 Å². The van der Waals surface area contributed by atoms with Gasteiger partial charge in [0.25, 0.3) is 5.91 Å². The van der Waals surface area contributed by atoms with Gasteiger partial charge in [0, 0.05) is 16.3 Å². The fourth-order valence-electron chi connectivity index (χ4n) is 1.58. The van der Waals surface area contributed by atoms with Gasteiger partial charge in [0.2, 0.25) is 0 Å². The van der Waals surface area contributed by atoms with Crippen LogP contribution in [0.25, 0.3) is 0 Å². The Morgan fingerprint density at radius 2 is 1.75 bits per heavy atom. The van der Waals surface area contributed by atoms with Gasteiger partial charge in [-0.25, -0.2) is 4.79 Å². The van der Waals surface area contributed by atoms with Gasteiger partial charge >= 0.3 is 5.97 Å². The molecule has 0 unspecified atom stereocenters. The van der Waals surface area contributed by atoms with Crippen LogP contribution in [0.4, 0.5) is 5.69 Å². The van der Waals surface area contributed by atoms with Crippen molar-refractivity contribution >= 4 is 29.2 Å². The highest BCUT2D eigenvalue weighted by Crippen LogP contribution is 2.20. The van der Waals surface area contributed by atoms with Crippen LogP contribution < -0.4 is 10.4 Å². The molecule has 0 atom stereocenters. The highest BCUT2D eigenvalue weighted by atomic mass is 35.5. The Balaban J connectivity index is 2.18. The molecule has 2 aromatic rings. The van der Waals surface area contributed by atoms with Gasteiger partial charge in [-0.15, -0.1) is 0 Å². The van der Waals surface area contributed by atoms with Crippen molar-refractivity contribution < 1.29 is 19.8 Å². The summed E-state index contributed by atoms with van der Waals surface area (Å²) < 4.78 is 0. The predicted octanol–water partition coefficient (Wildman–Crippen LogP) is 2.36. The maximum Gasteiger partial charge on any atom is 0.335 e. The van der Waals surface area contributed by atoms with Crippen molar-refractivity contribution in [2.75, 3.05) is 5.32 Å². The lowest BCUT2D eigenvalue weighted by Gasteiger charge is -2.13. The van der Waals surface area contributed by atoms with Crippen LogP contribution in [0.3, 0.4) is 0 Å². The summed E-state index contributed by atoms with van der Waals surface area (Å²) in [6, 6.07) is 9.81. The summed E-state index contributed by atoms with van der Waals surface area (Å²) >= 11 is 5.72. The normalized spacial score (nSPS) is 10.1. The molecule has 2 N–H and O–H groups in total. The third-order valence-corrected chi connectivity index (χ3v) is 2.83. The Morgan fingerprint density at radius 1 is 1.10 bits per heavy atom. The lowest BCUT2D eigenvalue weighted by molar-refractivity contribution is -0.268. The van der Waals surface area contributed by atoms with Crippen molar-refractivity contribution in [3.05, 3.63) is 58.6 Å². The number of carbonyl (C=O) groups is 2. The third kappa shape index (κ3) is 3.07. The van der Waals surface area contributed by atoms with E-state index < -0.39 is 17.6 Å². The molecule has 6 heteroatoms. The zero-order valence-corrected chi connectivity index (χ0v) is 10.8. The molecule has 0 aliphatic heterocycles. The largest absolute Gasteiger partial charge is 0.872 e. The summed E-state index contributed by atoms with van der Waals surface area (Å²) in [6.45, 7) is 0. The lowest BCUT2D eigenvalue weighted by atomic mass is 10.1. The average Bonchev–Trinajstić information content (AvgIpc) is 2.39. The first-order chi connectivity index (χ1) is 9.47. The van der Waals surface area contributed by atoms with Gasteiger partial charge in [-0.3, -0.25) is 4.79 Å². The van der Waals surface area contributed by atoms with Gasteiger partial charge in [0.1, 0.15) is 0 Å². The molecule has 0 radical (unpaired) electrons. The number of carbonyl (C=O) groups excluding carboxylic acids is 1. The van der Waals surface area contributed by atoms with E-state index >= 15 is 0 Å². The summed E-state index contributed by atoms with van der Waals surface area (Å²) in [5.41, 5.74) is 0.276. The smallest absolute Gasteiger partial charge is 0.335 e. The second-order valence-corrected chi connectivity index (χ2v) is 4.41. The van der Waals surface area contributed by atoms with Crippen LogP contribution in [0, 0.1) is 0 Å². The first-order valence-corrected chi connectivity index (χ1v) is 5.96. The van der Waals surface area contributed by atoms with Crippen LogP contribution in [0.2, 0.25) is 5.02 Å². The maximum atomic E-state index is 11.9. The number of carboxylic acids is 1. The van der Waals surface area contributed by atoms with Crippen molar-refractivity contribution in [1.29, 1.82) is 0 Å². The molecule has 2 rings (SSSR count). The molecule has 0 heterocycles. The summed E-state index contributed by atoms with van der Waals surface area (Å²) in [5, 5.41) is 23.3. The van der Waals surface area contributed by atoms with Crippen molar-refractivity contribution in [2.45, 2.75) is 0 Å². The summed E-state index contributed by atoms with van der Waals surface area (Å²) in [6.07, 6.45) is 0. The molecule has 102 valence electrons. The second-order valence-electron chi connectivity index (χ2n) is 3.98. The van der Waals surface area contributed by atoms with Gasteiger partial charge in [0.05, 0.1) is 5.56 Å². The molecule has 20 heavy (non-hydrogen) atoms. The SMILES string of the molecule is O=C(Nc1ccc(C(=O)O)c([O-])c1)c1ccc(Cl)cc1. The van der Waals surface area contributed by atoms with Crippen molar-refractivity contribution in [1.82, 2.24) is 0 Å². The van der Waals surface area contributed by atoms with Gasteiger partial charge in [-0.05, 0) is 42.5 Å². The Labute approximate surface area is 119 Å². The topological polar surface area (TPSA) is 89.5 Å². The molecule has 5 nitrogen and oxygen atoms in total. The van der Waals surface area contributed by atoms with Gasteiger partial charge in [0.15, 0.2) is 0 Å². The first kappa shape index (κ1) is 13.9. The number of anilines is 1. The highest BCUT2D eigenvalue weighted by Gasteiger charge is 2.08. The number of hydrogen-bond acceptors (Lipinski definition) is 3. The first-order valence-electron chi connectivity index (χ1n) is 5.58. The number of nitrogens with one attached hydrogen (secondary N) is 1. The molecular weight excluding hydrogens is 282 g/mol. The second kappa shape index (κ2) is 5.63. The third-order valence-electron chi connectivity index (χ3n) is 2.58. The number of benzene rings is 2. The van der Waals surface area contributed by atoms with E-state index in [2.05, 4.69) is 5.32 Å². The minimum atomic E-state index is -1.30. The molecule has 0 spiro atoms. The standard InChI is InChI=1S/C14H10ClNO4/c15-9-3-1-8(2-4-9)13(18)16-10-5-6-11(14(19)20)12(17)7-10/h1-7,17H,(H,16,18)(H,19,20)/p-1. The quantitative estimate of drug-likeness (QED) is 0.908. The van der Waals surface area contributed by atoms with E-state index in [1.807, 2.05) is 0 Å².